The molecule has 0 radical (unpaired) electrons. The van der Waals surface area contributed by atoms with E-state index in [9.17, 15) is 9.18 Å². The van der Waals surface area contributed by atoms with Crippen molar-refractivity contribution in [2.24, 2.45) is 5.41 Å². The van der Waals surface area contributed by atoms with Crippen molar-refractivity contribution in [2.45, 2.75) is 19.3 Å². The van der Waals surface area contributed by atoms with Crippen molar-refractivity contribution in [1.82, 2.24) is 15.1 Å². The number of hydrogen-bond donors (Lipinski definition) is 1. The van der Waals surface area contributed by atoms with E-state index < -0.39 is 0 Å². The number of carbonyl (C=O) groups is 1. The van der Waals surface area contributed by atoms with Gasteiger partial charge in [0.15, 0.2) is 0 Å². The standard InChI is InChI=1S/C17H23ClFN3O/c1-21-8-5-17(11-21)6-9-22(12-17)16(23)20-7-4-13-2-3-14(19)10-15(13)18/h2-3,10H,4-9,11-12H2,1H3,(H,20,23). The Morgan fingerprint density at radius 2 is 2.13 bits per heavy atom. The smallest absolute Gasteiger partial charge is 0.317 e. The molecule has 1 N–H and O–H groups in total. The predicted octanol–water partition coefficient (Wildman–Crippen LogP) is 2.76. The molecule has 2 aliphatic rings. The molecule has 2 amide bonds. The van der Waals surface area contributed by atoms with Crippen LogP contribution in [0, 0.1) is 11.2 Å². The van der Waals surface area contributed by atoms with Gasteiger partial charge < -0.3 is 15.1 Å². The summed E-state index contributed by atoms with van der Waals surface area (Å²) in [5.74, 6) is -0.341. The number of halogens is 2. The molecule has 1 spiro atoms. The Hall–Kier alpha value is -1.33. The Morgan fingerprint density at radius 1 is 1.35 bits per heavy atom. The molecule has 126 valence electrons. The summed E-state index contributed by atoms with van der Waals surface area (Å²) in [4.78, 5) is 16.6. The van der Waals surface area contributed by atoms with Crippen LogP contribution in [0.4, 0.5) is 9.18 Å². The first-order valence-electron chi connectivity index (χ1n) is 8.13. The number of urea groups is 1. The van der Waals surface area contributed by atoms with Gasteiger partial charge in [-0.05, 0) is 50.6 Å². The van der Waals surface area contributed by atoms with E-state index in [-0.39, 0.29) is 11.8 Å². The second-order valence-electron chi connectivity index (χ2n) is 6.88. The Balaban J connectivity index is 1.47. The summed E-state index contributed by atoms with van der Waals surface area (Å²) in [6.07, 6.45) is 2.87. The summed E-state index contributed by atoms with van der Waals surface area (Å²) >= 11 is 6.00. The third-order valence-corrected chi connectivity index (χ3v) is 5.39. The third kappa shape index (κ3) is 3.78. The fourth-order valence-corrected chi connectivity index (χ4v) is 4.00. The molecule has 6 heteroatoms. The van der Waals surface area contributed by atoms with Gasteiger partial charge in [0.1, 0.15) is 5.82 Å². The summed E-state index contributed by atoms with van der Waals surface area (Å²) in [5, 5.41) is 3.36. The zero-order valence-corrected chi connectivity index (χ0v) is 14.2. The Kier molecular flexibility index (Phi) is 4.78. The van der Waals surface area contributed by atoms with E-state index >= 15 is 0 Å². The first kappa shape index (κ1) is 16.5. The van der Waals surface area contributed by atoms with Gasteiger partial charge in [-0.25, -0.2) is 9.18 Å². The number of rotatable bonds is 3. The highest BCUT2D eigenvalue weighted by atomic mass is 35.5. The molecule has 2 saturated heterocycles. The van der Waals surface area contributed by atoms with E-state index in [1.807, 2.05) is 4.90 Å². The fraction of sp³-hybridized carbons (Fsp3) is 0.588. The number of amides is 2. The molecule has 0 aliphatic carbocycles. The van der Waals surface area contributed by atoms with Gasteiger partial charge >= 0.3 is 6.03 Å². The minimum Gasteiger partial charge on any atom is -0.338 e. The van der Waals surface area contributed by atoms with Crippen molar-refractivity contribution in [3.05, 3.63) is 34.6 Å². The van der Waals surface area contributed by atoms with Crippen LogP contribution in [0.5, 0.6) is 0 Å². The van der Waals surface area contributed by atoms with Crippen molar-refractivity contribution < 1.29 is 9.18 Å². The second kappa shape index (κ2) is 6.65. The van der Waals surface area contributed by atoms with E-state index in [0.29, 0.717) is 23.4 Å². The summed E-state index contributed by atoms with van der Waals surface area (Å²) < 4.78 is 13.0. The van der Waals surface area contributed by atoms with Gasteiger partial charge in [0.05, 0.1) is 0 Å². The molecule has 0 bridgehead atoms. The second-order valence-corrected chi connectivity index (χ2v) is 7.28. The van der Waals surface area contributed by atoms with Gasteiger partial charge in [0, 0.05) is 36.6 Å². The highest BCUT2D eigenvalue weighted by Gasteiger charge is 2.43. The number of nitrogens with one attached hydrogen (secondary N) is 1. The maximum Gasteiger partial charge on any atom is 0.317 e. The van der Waals surface area contributed by atoms with Crippen molar-refractivity contribution in [3.8, 4) is 0 Å². The van der Waals surface area contributed by atoms with Crippen LogP contribution in [0.15, 0.2) is 18.2 Å². The molecule has 1 aromatic carbocycles. The van der Waals surface area contributed by atoms with Gasteiger partial charge in [-0.15, -0.1) is 0 Å². The zero-order valence-electron chi connectivity index (χ0n) is 13.4. The highest BCUT2D eigenvalue weighted by Crippen LogP contribution is 2.38. The van der Waals surface area contributed by atoms with Crippen LogP contribution in [0.2, 0.25) is 5.02 Å². The van der Waals surface area contributed by atoms with Crippen LogP contribution in [-0.4, -0.2) is 55.6 Å². The van der Waals surface area contributed by atoms with Crippen molar-refractivity contribution in [2.75, 3.05) is 39.8 Å². The first-order valence-corrected chi connectivity index (χ1v) is 8.51. The lowest BCUT2D eigenvalue weighted by Crippen LogP contribution is -2.41. The normalized spacial score (nSPS) is 24.6. The van der Waals surface area contributed by atoms with Gasteiger partial charge in [0.25, 0.3) is 0 Å². The van der Waals surface area contributed by atoms with Crippen LogP contribution in [0.1, 0.15) is 18.4 Å². The largest absolute Gasteiger partial charge is 0.338 e. The summed E-state index contributed by atoms with van der Waals surface area (Å²) in [6, 6.07) is 4.36. The fourth-order valence-electron chi connectivity index (χ4n) is 3.74. The van der Waals surface area contributed by atoms with Crippen LogP contribution in [0.3, 0.4) is 0 Å². The SMILES string of the molecule is CN1CCC2(CCN(C(=O)NCCc3ccc(F)cc3Cl)C2)C1. The van der Waals surface area contributed by atoms with Crippen LogP contribution >= 0.6 is 11.6 Å². The first-order chi connectivity index (χ1) is 11.0. The Morgan fingerprint density at radius 3 is 2.83 bits per heavy atom. The van der Waals surface area contributed by atoms with Crippen molar-refractivity contribution in [3.63, 3.8) is 0 Å². The molecule has 4 nitrogen and oxygen atoms in total. The highest BCUT2D eigenvalue weighted by molar-refractivity contribution is 6.31. The summed E-state index contributed by atoms with van der Waals surface area (Å²) in [7, 11) is 2.14. The van der Waals surface area contributed by atoms with Gasteiger partial charge in [-0.2, -0.15) is 0 Å². The van der Waals surface area contributed by atoms with E-state index in [1.165, 1.54) is 18.6 Å². The monoisotopic (exact) mass is 339 g/mol. The molecular formula is C17H23ClFN3O. The molecule has 2 heterocycles. The van der Waals surface area contributed by atoms with Gasteiger partial charge in [-0.1, -0.05) is 17.7 Å². The summed E-state index contributed by atoms with van der Waals surface area (Å²) in [5.41, 5.74) is 1.15. The maximum absolute atomic E-state index is 13.0. The van der Waals surface area contributed by atoms with E-state index in [4.69, 9.17) is 11.6 Å². The third-order valence-electron chi connectivity index (χ3n) is 5.04. The molecule has 1 atom stereocenters. The quantitative estimate of drug-likeness (QED) is 0.919. The molecule has 23 heavy (non-hydrogen) atoms. The number of carbonyl (C=O) groups excluding carboxylic acids is 1. The van der Waals surface area contributed by atoms with Crippen LogP contribution in [0.25, 0.3) is 0 Å². The van der Waals surface area contributed by atoms with E-state index in [2.05, 4.69) is 17.3 Å². The molecule has 0 aromatic heterocycles. The predicted molar refractivity (Wildman–Crippen MR) is 89.2 cm³/mol. The molecule has 2 aliphatic heterocycles. The van der Waals surface area contributed by atoms with Gasteiger partial charge in [0.2, 0.25) is 0 Å². The molecule has 3 rings (SSSR count). The lowest BCUT2D eigenvalue weighted by atomic mass is 9.86. The lowest BCUT2D eigenvalue weighted by Gasteiger charge is -2.24. The van der Waals surface area contributed by atoms with Crippen molar-refractivity contribution >= 4 is 17.6 Å². The molecule has 0 saturated carbocycles. The molecule has 1 aromatic rings. The molecular weight excluding hydrogens is 317 g/mol. The zero-order chi connectivity index (χ0) is 16.4. The van der Waals surface area contributed by atoms with Crippen LogP contribution in [-0.2, 0) is 6.42 Å². The minimum absolute atomic E-state index is 0.00494. The van der Waals surface area contributed by atoms with Gasteiger partial charge in [-0.3, -0.25) is 0 Å². The Bertz CT molecular complexity index is 597. The van der Waals surface area contributed by atoms with Crippen molar-refractivity contribution in [1.29, 1.82) is 0 Å². The van der Waals surface area contributed by atoms with Crippen LogP contribution < -0.4 is 5.32 Å². The average molecular weight is 340 g/mol. The lowest BCUT2D eigenvalue weighted by molar-refractivity contribution is 0.200. The topological polar surface area (TPSA) is 35.6 Å². The molecule has 1 unspecified atom stereocenters. The molecule has 2 fully saturated rings. The number of hydrogen-bond acceptors (Lipinski definition) is 2. The van der Waals surface area contributed by atoms with E-state index in [1.54, 1.807) is 6.07 Å². The van der Waals surface area contributed by atoms with E-state index in [0.717, 1.165) is 38.2 Å². The Labute approximate surface area is 141 Å². The number of likely N-dealkylation sites (tertiary alicyclic amines) is 2. The maximum atomic E-state index is 13.0. The minimum atomic E-state index is -0.341. The summed E-state index contributed by atoms with van der Waals surface area (Å²) in [6.45, 7) is 4.39. The average Bonchev–Trinajstić information content (AvgIpc) is 3.08. The number of benzene rings is 1. The number of nitrogens with zero attached hydrogens (tertiary/aromatic N) is 2.